The number of fused-ring (bicyclic) bond motifs is 6. The number of rotatable bonds is 5. The Morgan fingerprint density at radius 1 is 0.773 bits per heavy atom. The maximum absolute atomic E-state index is 14.4. The average molecular weight is 600 g/mol. The number of benzene rings is 2. The molecule has 0 aromatic heterocycles. The number of phenols is 1. The number of amides is 3. The van der Waals surface area contributed by atoms with Crippen LogP contribution in [-0.4, -0.2) is 36.4 Å². The van der Waals surface area contributed by atoms with Gasteiger partial charge in [0.1, 0.15) is 5.75 Å². The van der Waals surface area contributed by atoms with Gasteiger partial charge in [-0.3, -0.25) is 19.7 Å². The summed E-state index contributed by atoms with van der Waals surface area (Å²) < 4.78 is 0. The normalized spacial score (nSPS) is 34.0. The molecule has 3 unspecified atom stereocenters. The van der Waals surface area contributed by atoms with Gasteiger partial charge in [-0.05, 0) is 128 Å². The van der Waals surface area contributed by atoms with Crippen molar-refractivity contribution in [2.45, 2.75) is 103 Å². The van der Waals surface area contributed by atoms with E-state index in [4.69, 9.17) is 0 Å². The highest BCUT2D eigenvalue weighted by atomic mass is 16.3. The Morgan fingerprint density at radius 3 is 1.84 bits per heavy atom. The topological polar surface area (TPSA) is 108 Å². The zero-order valence-electron chi connectivity index (χ0n) is 27.1. The Bertz CT molecular complexity index is 1500. The second-order valence-electron chi connectivity index (χ2n) is 15.1. The lowest BCUT2D eigenvalue weighted by Gasteiger charge is -2.56. The Balaban J connectivity index is 1.25. The second kappa shape index (κ2) is 11.0. The first kappa shape index (κ1) is 30.8. The van der Waals surface area contributed by atoms with E-state index in [0.717, 1.165) is 75.5 Å². The lowest BCUT2D eigenvalue weighted by Crippen LogP contribution is -2.60. The summed E-state index contributed by atoms with van der Waals surface area (Å²) in [6, 6.07) is 11.9. The largest absolute Gasteiger partial charge is 0.508 e. The minimum absolute atomic E-state index is 0.0816. The summed E-state index contributed by atoms with van der Waals surface area (Å²) in [5, 5.41) is 19.3. The number of phenolic OH excluding ortho intramolecular Hbond substituents is 1. The maximum atomic E-state index is 14.4. The first-order chi connectivity index (χ1) is 20.8. The quantitative estimate of drug-likeness (QED) is 0.320. The standard InChI is InChI=1S/C37H49N3O4/c1-34-16-6-18-36(3,29(34)14-10-23-8-12-25(20-27(23)34)39-31(42)22-38-5)32(43)40-33(44)37(4)19-7-17-35(2)28-21-26(41)13-9-24(28)11-15-30(35)37/h8-9,12-13,20-21,29-30,38,41H,6-7,10-11,14-19,22H2,1-5H3,(H,39,42)(H,40,43,44)/t29-,30?,34-,35?,36+,37?/m1/s1. The summed E-state index contributed by atoms with van der Waals surface area (Å²) >= 11 is 0. The molecule has 0 bridgehead atoms. The lowest BCUT2D eigenvalue weighted by atomic mass is 9.49. The van der Waals surface area contributed by atoms with Gasteiger partial charge >= 0.3 is 0 Å². The van der Waals surface area contributed by atoms with Gasteiger partial charge in [-0.1, -0.05) is 52.7 Å². The van der Waals surface area contributed by atoms with Gasteiger partial charge in [-0.25, -0.2) is 0 Å². The van der Waals surface area contributed by atoms with E-state index in [0.29, 0.717) is 0 Å². The lowest BCUT2D eigenvalue weighted by molar-refractivity contribution is -0.150. The molecule has 236 valence electrons. The summed E-state index contributed by atoms with van der Waals surface area (Å²) in [7, 11) is 1.75. The van der Waals surface area contributed by atoms with Crippen molar-refractivity contribution in [3.05, 3.63) is 58.7 Å². The van der Waals surface area contributed by atoms with Crippen LogP contribution in [0.5, 0.6) is 5.75 Å². The fraction of sp³-hybridized carbons (Fsp3) is 0.595. The van der Waals surface area contributed by atoms with E-state index in [2.05, 4.69) is 55.8 Å². The van der Waals surface area contributed by atoms with Gasteiger partial charge < -0.3 is 15.7 Å². The van der Waals surface area contributed by atoms with Crippen LogP contribution in [0.4, 0.5) is 5.69 Å². The number of carbonyl (C=O) groups excluding carboxylic acids is 3. The molecule has 2 saturated carbocycles. The van der Waals surface area contributed by atoms with Gasteiger partial charge in [0.25, 0.3) is 0 Å². The smallest absolute Gasteiger partial charge is 0.238 e. The average Bonchev–Trinajstić information content (AvgIpc) is 2.97. The molecule has 2 fully saturated rings. The highest BCUT2D eigenvalue weighted by Crippen LogP contribution is 2.59. The van der Waals surface area contributed by atoms with Gasteiger partial charge in [0.2, 0.25) is 17.7 Å². The highest BCUT2D eigenvalue weighted by molar-refractivity contribution is 6.01. The zero-order chi connectivity index (χ0) is 31.5. The first-order valence-corrected chi connectivity index (χ1v) is 16.6. The second-order valence-corrected chi connectivity index (χ2v) is 15.1. The van der Waals surface area contributed by atoms with E-state index >= 15 is 0 Å². The fourth-order valence-corrected chi connectivity index (χ4v) is 10.3. The molecule has 3 amide bonds. The van der Waals surface area contributed by atoms with Crippen molar-refractivity contribution in [3.63, 3.8) is 0 Å². The maximum Gasteiger partial charge on any atom is 0.238 e. The Morgan fingerprint density at radius 2 is 1.30 bits per heavy atom. The first-order valence-electron chi connectivity index (χ1n) is 16.6. The predicted octanol–water partition coefficient (Wildman–Crippen LogP) is 5.91. The van der Waals surface area contributed by atoms with Crippen LogP contribution < -0.4 is 16.0 Å². The molecule has 0 spiro atoms. The number of aromatic hydroxyl groups is 1. The van der Waals surface area contributed by atoms with E-state index in [9.17, 15) is 19.5 Å². The Hall–Kier alpha value is -3.19. The van der Waals surface area contributed by atoms with Crippen molar-refractivity contribution in [2.75, 3.05) is 18.9 Å². The van der Waals surface area contributed by atoms with Crippen molar-refractivity contribution in [1.29, 1.82) is 0 Å². The van der Waals surface area contributed by atoms with Crippen molar-refractivity contribution in [1.82, 2.24) is 10.6 Å². The van der Waals surface area contributed by atoms with Crippen LogP contribution in [0.25, 0.3) is 0 Å². The molecule has 6 atom stereocenters. The number of nitrogens with one attached hydrogen (secondary N) is 3. The summed E-state index contributed by atoms with van der Waals surface area (Å²) in [6.07, 6.45) is 8.81. The molecule has 0 saturated heterocycles. The monoisotopic (exact) mass is 599 g/mol. The molecule has 44 heavy (non-hydrogen) atoms. The minimum atomic E-state index is -0.676. The number of anilines is 1. The molecule has 4 N–H and O–H groups in total. The molecular weight excluding hydrogens is 550 g/mol. The molecule has 2 aromatic carbocycles. The molecule has 7 heteroatoms. The van der Waals surface area contributed by atoms with Gasteiger partial charge in [0.05, 0.1) is 17.4 Å². The molecule has 7 nitrogen and oxygen atoms in total. The highest BCUT2D eigenvalue weighted by Gasteiger charge is 2.58. The summed E-state index contributed by atoms with van der Waals surface area (Å²) in [5.74, 6) is 0.0906. The van der Waals surface area contributed by atoms with E-state index in [1.165, 1.54) is 16.7 Å². The third-order valence-electron chi connectivity index (χ3n) is 12.6. The van der Waals surface area contributed by atoms with Crippen molar-refractivity contribution < 1.29 is 19.5 Å². The van der Waals surface area contributed by atoms with Gasteiger partial charge in [-0.2, -0.15) is 0 Å². The third-order valence-corrected chi connectivity index (χ3v) is 12.6. The van der Waals surface area contributed by atoms with Crippen molar-refractivity contribution >= 4 is 23.4 Å². The van der Waals surface area contributed by atoms with Crippen LogP contribution in [-0.2, 0) is 38.1 Å². The summed E-state index contributed by atoms with van der Waals surface area (Å²) in [5.41, 5.74) is 3.93. The number of hydrogen-bond donors (Lipinski definition) is 4. The molecule has 4 aliphatic carbocycles. The zero-order valence-corrected chi connectivity index (χ0v) is 27.1. The number of likely N-dealkylation sites (N-methyl/N-ethyl adjacent to an activating group) is 1. The molecular formula is C37H49N3O4. The van der Waals surface area contributed by atoms with Crippen LogP contribution >= 0.6 is 0 Å². The molecule has 2 aromatic rings. The summed E-state index contributed by atoms with van der Waals surface area (Å²) in [6.45, 7) is 8.93. The number of aryl methyl sites for hydroxylation is 2. The van der Waals surface area contributed by atoms with Crippen LogP contribution in [0, 0.1) is 22.7 Å². The van der Waals surface area contributed by atoms with Gasteiger partial charge in [-0.15, -0.1) is 0 Å². The Kier molecular flexibility index (Phi) is 7.71. The van der Waals surface area contributed by atoms with Crippen molar-refractivity contribution in [2.24, 2.45) is 22.7 Å². The third kappa shape index (κ3) is 4.77. The number of hydrogen-bond acceptors (Lipinski definition) is 5. The van der Waals surface area contributed by atoms with Crippen LogP contribution in [0.3, 0.4) is 0 Å². The van der Waals surface area contributed by atoms with Crippen LogP contribution in [0.1, 0.15) is 101 Å². The molecule has 0 aliphatic heterocycles. The minimum Gasteiger partial charge on any atom is -0.508 e. The Labute approximate surface area is 262 Å². The van der Waals surface area contributed by atoms with Gasteiger partial charge in [0.15, 0.2) is 0 Å². The van der Waals surface area contributed by atoms with Gasteiger partial charge in [0, 0.05) is 5.69 Å². The predicted molar refractivity (Wildman–Crippen MR) is 172 cm³/mol. The molecule has 0 heterocycles. The SMILES string of the molecule is CNCC(=O)Nc1ccc2c(c1)[C@@]1(C)CCC[C@](C)(C(=O)NC(=O)C3(C)CCCC4(C)c5cc(O)ccc5CCC34)[C@@H]1CC2. The molecule has 4 aliphatic rings. The van der Waals surface area contributed by atoms with Crippen LogP contribution in [0.2, 0.25) is 0 Å². The number of imide groups is 1. The fourth-order valence-electron chi connectivity index (χ4n) is 10.3. The van der Waals surface area contributed by atoms with E-state index in [-0.39, 0.29) is 52.7 Å². The van der Waals surface area contributed by atoms with E-state index in [1.807, 2.05) is 18.2 Å². The number of carbonyl (C=O) groups is 3. The van der Waals surface area contributed by atoms with E-state index in [1.54, 1.807) is 13.1 Å². The molecule has 0 radical (unpaired) electrons. The molecule has 6 rings (SSSR count). The summed E-state index contributed by atoms with van der Waals surface area (Å²) in [4.78, 5) is 41.0. The van der Waals surface area contributed by atoms with E-state index < -0.39 is 10.8 Å². The van der Waals surface area contributed by atoms with Crippen molar-refractivity contribution in [3.8, 4) is 5.75 Å². The van der Waals surface area contributed by atoms with Crippen LogP contribution in [0.15, 0.2) is 36.4 Å².